The summed E-state index contributed by atoms with van der Waals surface area (Å²) in [6.45, 7) is 3.74. The third kappa shape index (κ3) is 3.48. The van der Waals surface area contributed by atoms with Crippen molar-refractivity contribution in [2.75, 3.05) is 7.05 Å². The number of amides is 1. The van der Waals surface area contributed by atoms with E-state index in [9.17, 15) is 9.90 Å². The molecule has 1 aliphatic carbocycles. The Morgan fingerprint density at radius 2 is 2.18 bits per heavy atom. The second-order valence-corrected chi connectivity index (χ2v) is 6.15. The van der Waals surface area contributed by atoms with Crippen LogP contribution in [0.15, 0.2) is 21.5 Å². The van der Waals surface area contributed by atoms with Crippen LogP contribution in [0.3, 0.4) is 0 Å². The molecule has 6 heteroatoms. The average Bonchev–Trinajstić information content (AvgIpc) is 2.48. The third-order valence-electron chi connectivity index (χ3n) is 4.72. The summed E-state index contributed by atoms with van der Waals surface area (Å²) in [6.07, 6.45) is 5.97. The van der Waals surface area contributed by atoms with Crippen LogP contribution in [-0.4, -0.2) is 30.1 Å². The van der Waals surface area contributed by atoms with E-state index in [4.69, 9.17) is 4.74 Å². The Morgan fingerprint density at radius 3 is 2.86 bits per heavy atom. The van der Waals surface area contributed by atoms with E-state index in [0.717, 1.165) is 31.3 Å². The van der Waals surface area contributed by atoms with Gasteiger partial charge in [0, 0.05) is 13.0 Å². The van der Waals surface area contributed by atoms with Crippen LogP contribution in [-0.2, 0) is 4.74 Å². The molecule has 0 radical (unpaired) electrons. The van der Waals surface area contributed by atoms with Crippen LogP contribution in [0, 0.1) is 5.92 Å². The van der Waals surface area contributed by atoms with Crippen molar-refractivity contribution in [2.24, 2.45) is 16.1 Å². The van der Waals surface area contributed by atoms with Gasteiger partial charge in [-0.25, -0.2) is 4.79 Å². The topological polar surface area (TPSA) is 83.3 Å². The van der Waals surface area contributed by atoms with E-state index in [1.165, 1.54) is 19.9 Å². The molecule has 6 nitrogen and oxygen atoms in total. The average molecular weight is 309 g/mol. The van der Waals surface area contributed by atoms with Crippen molar-refractivity contribution in [3.63, 3.8) is 0 Å². The molecular weight excluding hydrogens is 282 g/mol. The maximum atomic E-state index is 11.5. The van der Waals surface area contributed by atoms with E-state index in [1.54, 1.807) is 0 Å². The van der Waals surface area contributed by atoms with E-state index < -0.39 is 17.9 Å². The summed E-state index contributed by atoms with van der Waals surface area (Å²) in [5.74, 6) is -0.0129. The lowest BCUT2D eigenvalue weighted by Crippen LogP contribution is -2.40. The third-order valence-corrected chi connectivity index (χ3v) is 4.72. The molecule has 1 aliphatic heterocycles. The molecule has 3 atom stereocenters. The van der Waals surface area contributed by atoms with Gasteiger partial charge in [-0.2, -0.15) is 10.2 Å². The highest BCUT2D eigenvalue weighted by Gasteiger charge is 2.42. The summed E-state index contributed by atoms with van der Waals surface area (Å²) in [7, 11) is 1.53. The van der Waals surface area contributed by atoms with Gasteiger partial charge in [-0.05, 0) is 38.2 Å². The van der Waals surface area contributed by atoms with Crippen LogP contribution in [0.25, 0.3) is 0 Å². The van der Waals surface area contributed by atoms with Gasteiger partial charge in [-0.1, -0.05) is 26.2 Å². The fourth-order valence-electron chi connectivity index (χ4n) is 3.39. The van der Waals surface area contributed by atoms with Gasteiger partial charge in [-0.3, -0.25) is 0 Å². The second kappa shape index (κ2) is 7.22. The molecule has 0 aromatic heterocycles. The standard InChI is InChI=1S/C16H27N3O3/c1-4-16(21)13-10-8-6-5-7-9-12(13)14(18-19-16)11(2)22-15(20)17-3/h11,13,21H,4-10H2,1-3H3,(H,17,20). The van der Waals surface area contributed by atoms with Crippen molar-refractivity contribution in [3.05, 3.63) is 11.3 Å². The normalized spacial score (nSPS) is 30.1. The largest absolute Gasteiger partial charge is 0.440 e. The Balaban J connectivity index is 2.32. The monoisotopic (exact) mass is 309 g/mol. The zero-order valence-electron chi connectivity index (χ0n) is 13.8. The number of fused-ring (bicyclic) bond motifs is 1. The number of hydrogen-bond donors (Lipinski definition) is 2. The number of azo groups is 1. The lowest BCUT2D eigenvalue weighted by molar-refractivity contribution is -0.0195. The van der Waals surface area contributed by atoms with Crippen molar-refractivity contribution in [2.45, 2.75) is 70.6 Å². The lowest BCUT2D eigenvalue weighted by atomic mass is 9.77. The summed E-state index contributed by atoms with van der Waals surface area (Å²) < 4.78 is 5.32. The van der Waals surface area contributed by atoms with Gasteiger partial charge in [0.15, 0.2) is 5.72 Å². The Bertz CT molecular complexity index is 475. The van der Waals surface area contributed by atoms with Gasteiger partial charge in [0.2, 0.25) is 0 Å². The molecule has 0 aromatic carbocycles. The van der Waals surface area contributed by atoms with Crippen LogP contribution in [0.2, 0.25) is 0 Å². The highest BCUT2D eigenvalue weighted by atomic mass is 16.6. The molecule has 1 heterocycles. The van der Waals surface area contributed by atoms with Crippen LogP contribution in [0.4, 0.5) is 4.79 Å². The molecule has 22 heavy (non-hydrogen) atoms. The quantitative estimate of drug-likeness (QED) is 0.836. The first kappa shape index (κ1) is 16.9. The van der Waals surface area contributed by atoms with Crippen molar-refractivity contribution < 1.29 is 14.6 Å². The number of aliphatic hydroxyl groups is 1. The minimum atomic E-state index is -1.11. The van der Waals surface area contributed by atoms with E-state index >= 15 is 0 Å². The summed E-state index contributed by atoms with van der Waals surface area (Å²) in [4.78, 5) is 11.5. The zero-order chi connectivity index (χ0) is 16.2. The molecule has 0 aromatic rings. The van der Waals surface area contributed by atoms with Crippen molar-refractivity contribution in [1.29, 1.82) is 0 Å². The highest BCUT2D eigenvalue weighted by molar-refractivity contribution is 5.67. The highest BCUT2D eigenvalue weighted by Crippen LogP contribution is 2.43. The Morgan fingerprint density at radius 1 is 1.45 bits per heavy atom. The fourth-order valence-corrected chi connectivity index (χ4v) is 3.39. The zero-order valence-corrected chi connectivity index (χ0v) is 13.8. The lowest BCUT2D eigenvalue weighted by Gasteiger charge is -2.38. The number of rotatable bonds is 3. The Kier molecular flexibility index (Phi) is 5.56. The van der Waals surface area contributed by atoms with Crippen molar-refractivity contribution in [1.82, 2.24) is 5.32 Å². The molecular formula is C16H27N3O3. The number of alkyl carbamates (subject to hydrolysis) is 1. The molecule has 1 fully saturated rings. The minimum absolute atomic E-state index is 0.0129. The summed E-state index contributed by atoms with van der Waals surface area (Å²) in [6, 6.07) is 0. The molecule has 124 valence electrons. The molecule has 0 bridgehead atoms. The molecule has 0 spiro atoms. The van der Waals surface area contributed by atoms with E-state index in [-0.39, 0.29) is 5.92 Å². The minimum Gasteiger partial charge on any atom is -0.440 e. The molecule has 1 saturated carbocycles. The second-order valence-electron chi connectivity index (χ2n) is 6.15. The number of nitrogens with zero attached hydrogens (tertiary/aromatic N) is 2. The smallest absolute Gasteiger partial charge is 0.407 e. The molecule has 2 rings (SSSR count). The first-order chi connectivity index (χ1) is 10.5. The maximum absolute atomic E-state index is 11.5. The van der Waals surface area contributed by atoms with Gasteiger partial charge in [0.25, 0.3) is 0 Å². The number of carbonyl (C=O) groups is 1. The molecule has 0 saturated heterocycles. The van der Waals surface area contributed by atoms with Gasteiger partial charge in [-0.15, -0.1) is 0 Å². The number of ether oxygens (including phenoxy) is 1. The molecule has 2 N–H and O–H groups in total. The number of carbonyl (C=O) groups excluding carboxylic acids is 1. The number of hydrogen-bond acceptors (Lipinski definition) is 5. The van der Waals surface area contributed by atoms with Gasteiger partial charge in [0.05, 0.1) is 0 Å². The van der Waals surface area contributed by atoms with Gasteiger partial charge < -0.3 is 15.2 Å². The molecule has 2 aliphatic rings. The van der Waals surface area contributed by atoms with Crippen LogP contribution >= 0.6 is 0 Å². The predicted molar refractivity (Wildman–Crippen MR) is 83.3 cm³/mol. The van der Waals surface area contributed by atoms with Crippen LogP contribution in [0.5, 0.6) is 0 Å². The Hall–Kier alpha value is -1.43. The first-order valence-corrected chi connectivity index (χ1v) is 8.28. The van der Waals surface area contributed by atoms with E-state index in [2.05, 4.69) is 15.5 Å². The van der Waals surface area contributed by atoms with Crippen LogP contribution < -0.4 is 5.32 Å². The number of nitrogens with one attached hydrogen (secondary N) is 1. The molecule has 1 amide bonds. The van der Waals surface area contributed by atoms with Gasteiger partial charge >= 0.3 is 6.09 Å². The summed E-state index contributed by atoms with van der Waals surface area (Å²) in [5.41, 5.74) is 0.729. The van der Waals surface area contributed by atoms with Gasteiger partial charge in [0.1, 0.15) is 11.8 Å². The van der Waals surface area contributed by atoms with Crippen molar-refractivity contribution in [3.8, 4) is 0 Å². The summed E-state index contributed by atoms with van der Waals surface area (Å²) in [5, 5.41) is 21.7. The first-order valence-electron chi connectivity index (χ1n) is 8.28. The SMILES string of the molecule is CCC1(O)N=NC(C(C)OC(=O)NC)=C2CCCCCCC21. The van der Waals surface area contributed by atoms with E-state index in [0.29, 0.717) is 12.1 Å². The van der Waals surface area contributed by atoms with Crippen LogP contribution in [0.1, 0.15) is 58.8 Å². The van der Waals surface area contributed by atoms with E-state index in [1.807, 2.05) is 13.8 Å². The fraction of sp³-hybridized carbons (Fsp3) is 0.812. The predicted octanol–water partition coefficient (Wildman–Crippen LogP) is 3.52. The Labute approximate surface area is 132 Å². The molecule has 3 unspecified atom stereocenters. The van der Waals surface area contributed by atoms with Crippen molar-refractivity contribution >= 4 is 6.09 Å². The maximum Gasteiger partial charge on any atom is 0.407 e. The summed E-state index contributed by atoms with van der Waals surface area (Å²) >= 11 is 0.